The van der Waals surface area contributed by atoms with Crippen LogP contribution in [0.4, 0.5) is 4.79 Å². The molecule has 1 saturated heterocycles. The Morgan fingerprint density at radius 3 is 2.78 bits per heavy atom. The van der Waals surface area contributed by atoms with E-state index in [1.807, 2.05) is 39.8 Å². The second-order valence-corrected chi connectivity index (χ2v) is 7.49. The molecule has 2 amide bonds. The Morgan fingerprint density at radius 2 is 2.17 bits per heavy atom. The monoisotopic (exact) mass is 337 g/mol. The average molecular weight is 337 g/mol. The van der Waals surface area contributed by atoms with Crippen LogP contribution in [0.15, 0.2) is 18.3 Å². The summed E-state index contributed by atoms with van der Waals surface area (Å²) in [6.45, 7) is 7.75. The summed E-state index contributed by atoms with van der Waals surface area (Å²) in [5.41, 5.74) is 1.29. The molecule has 0 spiro atoms. The van der Waals surface area contributed by atoms with Crippen molar-refractivity contribution in [3.8, 4) is 0 Å². The molecular formula is C16H23N3O3S. The number of hydrogen-bond acceptors (Lipinski definition) is 5. The van der Waals surface area contributed by atoms with Crippen molar-refractivity contribution in [2.45, 2.75) is 45.9 Å². The summed E-state index contributed by atoms with van der Waals surface area (Å²) in [6.07, 6.45) is 1.30. The highest BCUT2D eigenvalue weighted by Gasteiger charge is 2.36. The summed E-state index contributed by atoms with van der Waals surface area (Å²) in [5.74, 6) is 0.887. The summed E-state index contributed by atoms with van der Waals surface area (Å²) in [6, 6.07) is 3.34. The lowest BCUT2D eigenvalue weighted by Crippen LogP contribution is -2.48. The SMILES string of the molecule is Cc1ccc(CNC(=O)[C@H]2CSCN2C(=O)OC(C)(C)C)cn1. The Morgan fingerprint density at radius 1 is 1.43 bits per heavy atom. The number of pyridine rings is 1. The number of amides is 2. The number of carbonyl (C=O) groups excluding carboxylic acids is 2. The number of ether oxygens (including phenoxy) is 1. The first-order chi connectivity index (χ1) is 10.8. The molecule has 7 heteroatoms. The molecule has 2 rings (SSSR count). The molecule has 0 aromatic carbocycles. The molecule has 1 aliphatic heterocycles. The molecule has 0 aliphatic carbocycles. The van der Waals surface area contributed by atoms with E-state index in [1.165, 1.54) is 4.90 Å². The second kappa shape index (κ2) is 7.21. The van der Waals surface area contributed by atoms with Gasteiger partial charge in [-0.1, -0.05) is 6.07 Å². The van der Waals surface area contributed by atoms with Crippen molar-refractivity contribution in [3.63, 3.8) is 0 Å². The molecule has 23 heavy (non-hydrogen) atoms. The Kier molecular flexibility index (Phi) is 5.51. The molecule has 1 aliphatic rings. The summed E-state index contributed by atoms with van der Waals surface area (Å²) in [4.78, 5) is 30.2. The summed E-state index contributed by atoms with van der Waals surface area (Å²) in [5, 5.41) is 2.87. The normalized spacial score (nSPS) is 17.9. The van der Waals surface area contributed by atoms with Crippen molar-refractivity contribution in [2.75, 3.05) is 11.6 Å². The van der Waals surface area contributed by atoms with Crippen LogP contribution in [0.2, 0.25) is 0 Å². The number of carbonyl (C=O) groups is 2. The summed E-state index contributed by atoms with van der Waals surface area (Å²) >= 11 is 1.55. The standard InChI is InChI=1S/C16H23N3O3S/c1-11-5-6-12(7-17-11)8-18-14(20)13-9-23-10-19(13)15(21)22-16(2,3)4/h5-7,13H,8-10H2,1-4H3,(H,18,20)/t13-/m1/s1. The van der Waals surface area contributed by atoms with Crippen LogP contribution in [0.5, 0.6) is 0 Å². The van der Waals surface area contributed by atoms with Crippen molar-refractivity contribution in [3.05, 3.63) is 29.6 Å². The van der Waals surface area contributed by atoms with Crippen molar-refractivity contribution >= 4 is 23.8 Å². The van der Waals surface area contributed by atoms with Gasteiger partial charge >= 0.3 is 6.09 Å². The zero-order chi connectivity index (χ0) is 17.0. The Balaban J connectivity index is 1.92. The highest BCUT2D eigenvalue weighted by molar-refractivity contribution is 7.99. The predicted octanol–water partition coefficient (Wildman–Crippen LogP) is 2.32. The van der Waals surface area contributed by atoms with E-state index in [9.17, 15) is 9.59 Å². The van der Waals surface area contributed by atoms with E-state index in [-0.39, 0.29) is 5.91 Å². The lowest BCUT2D eigenvalue weighted by atomic mass is 10.2. The molecule has 0 radical (unpaired) electrons. The van der Waals surface area contributed by atoms with Crippen LogP contribution in [-0.4, -0.2) is 45.2 Å². The average Bonchev–Trinajstić information content (AvgIpc) is 2.94. The van der Waals surface area contributed by atoms with Crippen molar-refractivity contribution in [2.24, 2.45) is 0 Å². The van der Waals surface area contributed by atoms with Gasteiger partial charge in [0.15, 0.2) is 0 Å². The van der Waals surface area contributed by atoms with E-state index in [1.54, 1.807) is 18.0 Å². The van der Waals surface area contributed by atoms with Crippen LogP contribution in [0.1, 0.15) is 32.0 Å². The summed E-state index contributed by atoms with van der Waals surface area (Å²) in [7, 11) is 0. The van der Waals surface area contributed by atoms with Gasteiger partial charge in [-0.3, -0.25) is 14.7 Å². The molecule has 2 heterocycles. The molecule has 6 nitrogen and oxygen atoms in total. The van der Waals surface area contributed by atoms with E-state index in [2.05, 4.69) is 10.3 Å². The maximum atomic E-state index is 12.4. The van der Waals surface area contributed by atoms with Crippen LogP contribution in [0, 0.1) is 6.92 Å². The minimum Gasteiger partial charge on any atom is -0.444 e. The molecule has 0 saturated carbocycles. The van der Waals surface area contributed by atoms with Gasteiger partial charge in [0.25, 0.3) is 0 Å². The smallest absolute Gasteiger partial charge is 0.411 e. The third-order valence-electron chi connectivity index (χ3n) is 3.25. The van der Waals surface area contributed by atoms with Gasteiger partial charge in [0.1, 0.15) is 11.6 Å². The van der Waals surface area contributed by atoms with Crippen LogP contribution in [0.25, 0.3) is 0 Å². The number of rotatable bonds is 3. The lowest BCUT2D eigenvalue weighted by molar-refractivity contribution is -0.125. The first kappa shape index (κ1) is 17.6. The number of thioether (sulfide) groups is 1. The van der Waals surface area contributed by atoms with E-state index in [0.717, 1.165) is 11.3 Å². The molecule has 1 atom stereocenters. The maximum Gasteiger partial charge on any atom is 0.411 e. The fraction of sp³-hybridized carbons (Fsp3) is 0.562. The lowest BCUT2D eigenvalue weighted by Gasteiger charge is -2.27. The number of hydrogen-bond donors (Lipinski definition) is 1. The molecule has 0 unspecified atom stereocenters. The fourth-order valence-corrected chi connectivity index (χ4v) is 3.21. The van der Waals surface area contributed by atoms with Gasteiger partial charge in [0, 0.05) is 24.2 Å². The van der Waals surface area contributed by atoms with Gasteiger partial charge in [-0.2, -0.15) is 0 Å². The molecule has 1 fully saturated rings. The van der Waals surface area contributed by atoms with Gasteiger partial charge in [0.2, 0.25) is 5.91 Å². The van der Waals surface area contributed by atoms with Crippen molar-refractivity contribution in [1.82, 2.24) is 15.2 Å². The Hall–Kier alpha value is -1.76. The number of nitrogens with zero attached hydrogens (tertiary/aromatic N) is 2. The first-order valence-electron chi connectivity index (χ1n) is 7.53. The molecule has 126 valence electrons. The number of aromatic nitrogens is 1. The van der Waals surface area contributed by atoms with Gasteiger partial charge in [-0.15, -0.1) is 11.8 Å². The van der Waals surface area contributed by atoms with Gasteiger partial charge in [-0.25, -0.2) is 4.79 Å². The van der Waals surface area contributed by atoms with E-state index < -0.39 is 17.7 Å². The molecule has 1 aromatic rings. The van der Waals surface area contributed by atoms with Gasteiger partial charge in [0.05, 0.1) is 5.88 Å². The highest BCUT2D eigenvalue weighted by Crippen LogP contribution is 2.23. The van der Waals surface area contributed by atoms with E-state index in [4.69, 9.17) is 4.74 Å². The van der Waals surface area contributed by atoms with Crippen LogP contribution in [-0.2, 0) is 16.1 Å². The Labute approximate surface area is 141 Å². The number of nitrogens with one attached hydrogen (secondary N) is 1. The third kappa shape index (κ3) is 5.13. The van der Waals surface area contributed by atoms with E-state index >= 15 is 0 Å². The topological polar surface area (TPSA) is 71.5 Å². The molecule has 1 aromatic heterocycles. The van der Waals surface area contributed by atoms with Crippen LogP contribution in [0.3, 0.4) is 0 Å². The van der Waals surface area contributed by atoms with Gasteiger partial charge < -0.3 is 10.1 Å². The van der Waals surface area contributed by atoms with E-state index in [0.29, 0.717) is 18.2 Å². The van der Waals surface area contributed by atoms with Crippen LogP contribution >= 0.6 is 11.8 Å². The molecule has 0 bridgehead atoms. The van der Waals surface area contributed by atoms with Crippen molar-refractivity contribution in [1.29, 1.82) is 0 Å². The minimum absolute atomic E-state index is 0.165. The quantitative estimate of drug-likeness (QED) is 0.916. The van der Waals surface area contributed by atoms with Crippen molar-refractivity contribution < 1.29 is 14.3 Å². The highest BCUT2D eigenvalue weighted by atomic mass is 32.2. The fourth-order valence-electron chi connectivity index (χ4n) is 2.07. The summed E-state index contributed by atoms with van der Waals surface area (Å²) < 4.78 is 5.36. The first-order valence-corrected chi connectivity index (χ1v) is 8.68. The van der Waals surface area contributed by atoms with Gasteiger partial charge in [-0.05, 0) is 39.3 Å². The second-order valence-electron chi connectivity index (χ2n) is 6.49. The molecule has 1 N–H and O–H groups in total. The predicted molar refractivity (Wildman–Crippen MR) is 90.0 cm³/mol. The Bertz CT molecular complexity index is 569. The third-order valence-corrected chi connectivity index (χ3v) is 4.26. The van der Waals surface area contributed by atoms with Crippen LogP contribution < -0.4 is 5.32 Å². The molecular weight excluding hydrogens is 314 g/mol. The zero-order valence-electron chi connectivity index (χ0n) is 14.0. The number of aryl methyl sites for hydroxylation is 1. The largest absolute Gasteiger partial charge is 0.444 e. The maximum absolute atomic E-state index is 12.4. The minimum atomic E-state index is -0.571. The zero-order valence-corrected chi connectivity index (χ0v) is 14.8.